The van der Waals surface area contributed by atoms with Gasteiger partial charge in [-0.1, -0.05) is 11.3 Å². The fourth-order valence-corrected chi connectivity index (χ4v) is 3.25. The normalized spacial score (nSPS) is 11.6. The van der Waals surface area contributed by atoms with Gasteiger partial charge in [0, 0.05) is 11.4 Å². The summed E-state index contributed by atoms with van der Waals surface area (Å²) in [4.78, 5) is 12.7. The Bertz CT molecular complexity index is 1290. The van der Waals surface area contributed by atoms with E-state index in [2.05, 4.69) is 20.7 Å². The molecule has 2 aromatic carbocycles. The summed E-state index contributed by atoms with van der Waals surface area (Å²) in [7, 11) is 0. The van der Waals surface area contributed by atoms with Crippen molar-refractivity contribution >= 4 is 11.6 Å². The van der Waals surface area contributed by atoms with Crippen molar-refractivity contribution in [2.75, 3.05) is 5.32 Å². The van der Waals surface area contributed by atoms with Crippen LogP contribution in [0.25, 0.3) is 11.4 Å². The summed E-state index contributed by atoms with van der Waals surface area (Å²) in [5.41, 5.74) is 0.173. The van der Waals surface area contributed by atoms with Crippen LogP contribution in [-0.4, -0.2) is 30.7 Å². The zero-order chi connectivity index (χ0) is 23.0. The van der Waals surface area contributed by atoms with Crippen molar-refractivity contribution in [2.45, 2.75) is 20.0 Å². The summed E-state index contributed by atoms with van der Waals surface area (Å²) in [6.07, 6.45) is -4.93. The van der Waals surface area contributed by atoms with Gasteiger partial charge in [-0.15, -0.1) is 5.10 Å². The SMILES string of the molecule is Cc1cc(C)n(-c2cccc(NC(=O)c3nnn(-c4ccc(F)cc4)c3C(F)(F)F)c2)n1. The maximum atomic E-state index is 13.8. The molecule has 2 aromatic heterocycles. The molecule has 0 saturated carbocycles. The molecule has 7 nitrogen and oxygen atoms in total. The molecule has 0 fully saturated rings. The molecule has 1 amide bonds. The first-order valence-electron chi connectivity index (χ1n) is 9.37. The molecular formula is C21H16F4N6O. The van der Waals surface area contributed by atoms with Crippen molar-refractivity contribution in [3.63, 3.8) is 0 Å². The van der Waals surface area contributed by atoms with E-state index in [0.29, 0.717) is 10.4 Å². The topological polar surface area (TPSA) is 77.6 Å². The standard InChI is InChI=1S/C21H16F4N6O/c1-12-10-13(2)30(28-12)17-5-3-4-15(11-17)26-20(32)18-19(21(23,24)25)31(29-27-18)16-8-6-14(22)7-9-16/h3-11H,1-2H3,(H,26,32). The lowest BCUT2D eigenvalue weighted by Crippen LogP contribution is -2.21. The maximum Gasteiger partial charge on any atom is 0.435 e. The predicted molar refractivity (Wildman–Crippen MR) is 107 cm³/mol. The minimum Gasteiger partial charge on any atom is -0.320 e. The fourth-order valence-electron chi connectivity index (χ4n) is 3.25. The third-order valence-corrected chi connectivity index (χ3v) is 4.58. The summed E-state index contributed by atoms with van der Waals surface area (Å²) in [5, 5.41) is 13.7. The highest BCUT2D eigenvalue weighted by molar-refractivity contribution is 6.03. The van der Waals surface area contributed by atoms with Crippen LogP contribution < -0.4 is 5.32 Å². The Labute approximate surface area is 179 Å². The van der Waals surface area contributed by atoms with Crippen molar-refractivity contribution in [1.82, 2.24) is 24.8 Å². The molecule has 2 heterocycles. The number of carbonyl (C=O) groups is 1. The van der Waals surface area contributed by atoms with E-state index in [1.165, 1.54) is 6.07 Å². The molecule has 1 N–H and O–H groups in total. The number of hydrogen-bond donors (Lipinski definition) is 1. The number of rotatable bonds is 4. The molecule has 0 spiro atoms. The highest BCUT2D eigenvalue weighted by Crippen LogP contribution is 2.33. The van der Waals surface area contributed by atoms with Crippen molar-refractivity contribution in [1.29, 1.82) is 0 Å². The molecule has 11 heteroatoms. The number of hydrogen-bond acceptors (Lipinski definition) is 4. The number of benzene rings is 2. The van der Waals surface area contributed by atoms with Crippen molar-refractivity contribution in [2.24, 2.45) is 0 Å². The van der Waals surface area contributed by atoms with Gasteiger partial charge in [0.1, 0.15) is 5.82 Å². The van der Waals surface area contributed by atoms with E-state index < -0.39 is 29.3 Å². The molecule has 32 heavy (non-hydrogen) atoms. The number of anilines is 1. The van der Waals surface area contributed by atoms with Crippen molar-refractivity contribution < 1.29 is 22.4 Å². The Morgan fingerprint density at radius 3 is 2.31 bits per heavy atom. The van der Waals surface area contributed by atoms with Gasteiger partial charge < -0.3 is 5.32 Å². The van der Waals surface area contributed by atoms with Gasteiger partial charge in [-0.05, 0) is 62.4 Å². The summed E-state index contributed by atoms with van der Waals surface area (Å²) < 4.78 is 56.6. The number of alkyl halides is 3. The molecule has 0 aliphatic carbocycles. The molecule has 0 atom stereocenters. The molecule has 0 radical (unpaired) electrons. The first-order valence-corrected chi connectivity index (χ1v) is 9.37. The average Bonchev–Trinajstić information content (AvgIpc) is 3.32. The maximum absolute atomic E-state index is 13.8. The number of nitrogens with one attached hydrogen (secondary N) is 1. The molecule has 0 saturated heterocycles. The molecule has 4 aromatic rings. The minimum atomic E-state index is -4.93. The predicted octanol–water partition coefficient (Wildman–Crippen LogP) is 4.48. The quantitative estimate of drug-likeness (QED) is 0.471. The number of amides is 1. The monoisotopic (exact) mass is 444 g/mol. The average molecular weight is 444 g/mol. The third-order valence-electron chi connectivity index (χ3n) is 4.58. The molecule has 0 aliphatic heterocycles. The highest BCUT2D eigenvalue weighted by Gasteiger charge is 2.42. The molecule has 164 valence electrons. The van der Waals surface area contributed by atoms with E-state index in [9.17, 15) is 22.4 Å². The van der Waals surface area contributed by atoms with Gasteiger partial charge in [-0.2, -0.15) is 18.3 Å². The second-order valence-corrected chi connectivity index (χ2v) is 7.02. The number of aromatic nitrogens is 5. The molecular weight excluding hydrogens is 428 g/mol. The molecule has 4 rings (SSSR count). The van der Waals surface area contributed by atoms with Crippen LogP contribution in [0.1, 0.15) is 27.6 Å². The Balaban J connectivity index is 1.68. The lowest BCUT2D eigenvalue weighted by atomic mass is 10.2. The second-order valence-electron chi connectivity index (χ2n) is 7.02. The second kappa shape index (κ2) is 7.91. The van der Waals surface area contributed by atoms with Crippen LogP contribution in [0.15, 0.2) is 54.6 Å². The first kappa shape index (κ1) is 21.2. The van der Waals surface area contributed by atoms with E-state index in [0.717, 1.165) is 35.7 Å². The fraction of sp³-hybridized carbons (Fsp3) is 0.143. The Morgan fingerprint density at radius 1 is 0.969 bits per heavy atom. The Kier molecular flexibility index (Phi) is 5.25. The van der Waals surface area contributed by atoms with E-state index in [-0.39, 0.29) is 11.4 Å². The smallest absolute Gasteiger partial charge is 0.320 e. The van der Waals surface area contributed by atoms with Crippen LogP contribution in [0.4, 0.5) is 23.2 Å². The van der Waals surface area contributed by atoms with Gasteiger partial charge in [-0.25, -0.2) is 13.8 Å². The molecule has 0 bridgehead atoms. The number of halogens is 4. The van der Waals surface area contributed by atoms with Crippen LogP contribution in [-0.2, 0) is 6.18 Å². The summed E-state index contributed by atoms with van der Waals surface area (Å²) >= 11 is 0. The number of carbonyl (C=O) groups excluding carboxylic acids is 1. The zero-order valence-electron chi connectivity index (χ0n) is 16.9. The van der Waals surface area contributed by atoms with E-state index >= 15 is 0 Å². The Morgan fingerprint density at radius 2 is 1.69 bits per heavy atom. The number of nitrogens with zero attached hydrogens (tertiary/aromatic N) is 5. The summed E-state index contributed by atoms with van der Waals surface area (Å²) in [6, 6.07) is 12.6. The van der Waals surface area contributed by atoms with Crippen molar-refractivity contribution in [3.05, 3.63) is 83.2 Å². The lowest BCUT2D eigenvalue weighted by Gasteiger charge is -2.12. The van der Waals surface area contributed by atoms with Crippen LogP contribution >= 0.6 is 0 Å². The van der Waals surface area contributed by atoms with E-state index in [1.807, 2.05) is 19.9 Å². The van der Waals surface area contributed by atoms with Crippen LogP contribution in [0.3, 0.4) is 0 Å². The largest absolute Gasteiger partial charge is 0.435 e. The van der Waals surface area contributed by atoms with Crippen molar-refractivity contribution in [3.8, 4) is 11.4 Å². The van der Waals surface area contributed by atoms with Gasteiger partial charge in [0.2, 0.25) is 0 Å². The highest BCUT2D eigenvalue weighted by atomic mass is 19.4. The zero-order valence-corrected chi connectivity index (χ0v) is 16.9. The minimum absolute atomic E-state index is 0.0863. The molecule has 0 aliphatic rings. The first-order chi connectivity index (χ1) is 15.1. The van der Waals surface area contributed by atoms with Gasteiger partial charge in [0.05, 0.1) is 17.1 Å². The van der Waals surface area contributed by atoms with Crippen LogP contribution in [0.2, 0.25) is 0 Å². The molecule has 0 unspecified atom stereocenters. The van der Waals surface area contributed by atoms with Crippen LogP contribution in [0.5, 0.6) is 0 Å². The summed E-state index contributed by atoms with van der Waals surface area (Å²) in [5.74, 6) is -1.71. The number of aryl methyl sites for hydroxylation is 2. The van der Waals surface area contributed by atoms with E-state index in [4.69, 9.17) is 0 Å². The van der Waals surface area contributed by atoms with Gasteiger partial charge in [-0.3, -0.25) is 4.79 Å². The third kappa shape index (κ3) is 4.09. The lowest BCUT2D eigenvalue weighted by molar-refractivity contribution is -0.143. The van der Waals surface area contributed by atoms with Gasteiger partial charge in [0.25, 0.3) is 5.91 Å². The Hall–Kier alpha value is -4.02. The van der Waals surface area contributed by atoms with Crippen LogP contribution in [0, 0.1) is 19.7 Å². The van der Waals surface area contributed by atoms with Gasteiger partial charge >= 0.3 is 6.18 Å². The van der Waals surface area contributed by atoms with E-state index in [1.54, 1.807) is 22.9 Å². The van der Waals surface area contributed by atoms with Gasteiger partial charge in [0.15, 0.2) is 11.4 Å². The summed E-state index contributed by atoms with van der Waals surface area (Å²) in [6.45, 7) is 3.69.